The molecule has 120 valence electrons. The molecule has 5 nitrogen and oxygen atoms in total. The lowest BCUT2D eigenvalue weighted by molar-refractivity contribution is 0.498. The monoisotopic (exact) mass is 330 g/mol. The minimum Gasteiger partial charge on any atom is -0.468 e. The highest BCUT2D eigenvalue weighted by atomic mass is 32.2. The first-order chi connectivity index (χ1) is 11.1. The summed E-state index contributed by atoms with van der Waals surface area (Å²) in [5.74, 6) is 0.591. The van der Waals surface area contributed by atoms with Gasteiger partial charge in [-0.1, -0.05) is 0 Å². The topological polar surface area (TPSA) is 75.1 Å². The molecule has 2 aromatic heterocycles. The van der Waals surface area contributed by atoms with Crippen molar-refractivity contribution in [2.24, 2.45) is 0 Å². The maximum absolute atomic E-state index is 12.5. The zero-order valence-corrected chi connectivity index (χ0v) is 13.4. The molecule has 0 fully saturated rings. The molecular weight excluding hydrogens is 312 g/mol. The Kier molecular flexibility index (Phi) is 3.50. The molecule has 1 aliphatic carbocycles. The smallest absolute Gasteiger partial charge is 0.240 e. The Hall–Kier alpha value is -2.05. The van der Waals surface area contributed by atoms with Gasteiger partial charge in [0.05, 0.1) is 17.7 Å². The minimum atomic E-state index is -3.56. The summed E-state index contributed by atoms with van der Waals surface area (Å²) in [6, 6.07) is 8.76. The number of nitrogens with one attached hydrogen (secondary N) is 2. The van der Waals surface area contributed by atoms with Gasteiger partial charge < -0.3 is 9.40 Å². The van der Waals surface area contributed by atoms with Gasteiger partial charge in [-0.2, -0.15) is 0 Å². The van der Waals surface area contributed by atoms with E-state index in [0.717, 1.165) is 30.2 Å². The SMILES string of the molecule is O=S(=O)(NCc1ccco1)c1ccc2[nH]c3c(c2c1)CCCC3. The molecule has 0 aliphatic heterocycles. The predicted molar refractivity (Wildman–Crippen MR) is 87.7 cm³/mol. The number of benzene rings is 1. The average molecular weight is 330 g/mol. The van der Waals surface area contributed by atoms with Crippen molar-refractivity contribution in [2.45, 2.75) is 37.1 Å². The zero-order valence-electron chi connectivity index (χ0n) is 12.6. The fourth-order valence-corrected chi connectivity index (χ4v) is 4.23. The first-order valence-corrected chi connectivity index (χ1v) is 9.27. The molecule has 0 saturated heterocycles. The van der Waals surface area contributed by atoms with Gasteiger partial charge in [-0.25, -0.2) is 13.1 Å². The number of sulfonamides is 1. The summed E-state index contributed by atoms with van der Waals surface area (Å²) in [6.07, 6.45) is 5.94. The highest BCUT2D eigenvalue weighted by Gasteiger charge is 2.19. The van der Waals surface area contributed by atoms with Crippen LogP contribution in [0.15, 0.2) is 45.9 Å². The summed E-state index contributed by atoms with van der Waals surface area (Å²) in [6.45, 7) is 0.151. The quantitative estimate of drug-likeness (QED) is 0.772. The second kappa shape index (κ2) is 5.54. The maximum Gasteiger partial charge on any atom is 0.240 e. The fourth-order valence-electron chi connectivity index (χ4n) is 3.21. The molecule has 4 rings (SSSR count). The molecule has 0 atom stereocenters. The number of hydrogen-bond acceptors (Lipinski definition) is 3. The van der Waals surface area contributed by atoms with Crippen LogP contribution in [0, 0.1) is 0 Å². The van der Waals surface area contributed by atoms with E-state index in [0.29, 0.717) is 10.7 Å². The van der Waals surface area contributed by atoms with Crippen molar-refractivity contribution in [3.8, 4) is 0 Å². The molecule has 1 aliphatic rings. The van der Waals surface area contributed by atoms with Crippen LogP contribution in [0.25, 0.3) is 10.9 Å². The van der Waals surface area contributed by atoms with Gasteiger partial charge in [-0.15, -0.1) is 0 Å². The van der Waals surface area contributed by atoms with E-state index in [1.807, 2.05) is 6.07 Å². The van der Waals surface area contributed by atoms with E-state index in [1.165, 1.54) is 23.9 Å². The number of fused-ring (bicyclic) bond motifs is 3. The van der Waals surface area contributed by atoms with Gasteiger partial charge in [0.15, 0.2) is 0 Å². The summed E-state index contributed by atoms with van der Waals surface area (Å²) in [4.78, 5) is 3.71. The molecule has 2 N–H and O–H groups in total. The molecule has 0 bridgehead atoms. The summed E-state index contributed by atoms with van der Waals surface area (Å²) >= 11 is 0. The normalized spacial score (nSPS) is 15.0. The molecule has 0 radical (unpaired) electrons. The van der Waals surface area contributed by atoms with Gasteiger partial charge >= 0.3 is 0 Å². The molecule has 6 heteroatoms. The van der Waals surface area contributed by atoms with E-state index in [4.69, 9.17) is 4.42 Å². The Morgan fingerprint density at radius 3 is 2.87 bits per heavy atom. The predicted octanol–water partition coefficient (Wildman–Crippen LogP) is 3.12. The number of aryl methyl sites for hydroxylation is 2. The lowest BCUT2D eigenvalue weighted by Gasteiger charge is -2.10. The van der Waals surface area contributed by atoms with Crippen LogP contribution in [-0.4, -0.2) is 13.4 Å². The second-order valence-electron chi connectivity index (χ2n) is 5.90. The van der Waals surface area contributed by atoms with E-state index in [2.05, 4.69) is 9.71 Å². The minimum absolute atomic E-state index is 0.151. The van der Waals surface area contributed by atoms with Crippen molar-refractivity contribution in [2.75, 3.05) is 0 Å². The van der Waals surface area contributed by atoms with Crippen LogP contribution in [0.4, 0.5) is 0 Å². The lowest BCUT2D eigenvalue weighted by atomic mass is 9.96. The van der Waals surface area contributed by atoms with Crippen molar-refractivity contribution in [1.82, 2.24) is 9.71 Å². The van der Waals surface area contributed by atoms with E-state index in [-0.39, 0.29) is 6.54 Å². The summed E-state index contributed by atoms with van der Waals surface area (Å²) in [7, 11) is -3.56. The molecule has 0 amide bonds. The van der Waals surface area contributed by atoms with E-state index < -0.39 is 10.0 Å². The van der Waals surface area contributed by atoms with Gasteiger partial charge in [0.2, 0.25) is 10.0 Å². The number of aromatic nitrogens is 1. The summed E-state index contributed by atoms with van der Waals surface area (Å²) in [5.41, 5.74) is 3.54. The Morgan fingerprint density at radius 1 is 1.17 bits per heavy atom. The molecule has 23 heavy (non-hydrogen) atoms. The standard InChI is InChI=1S/C17H18N2O3S/c20-23(21,18-11-12-4-3-9-22-12)13-7-8-17-15(10-13)14-5-1-2-6-16(14)19-17/h3-4,7-10,18-19H,1-2,5-6,11H2. The largest absolute Gasteiger partial charge is 0.468 e. The molecular formula is C17H18N2O3S. The van der Waals surface area contributed by atoms with Crippen molar-refractivity contribution in [3.05, 3.63) is 53.6 Å². The van der Waals surface area contributed by atoms with Crippen LogP contribution >= 0.6 is 0 Å². The third-order valence-electron chi connectivity index (χ3n) is 4.40. The Balaban J connectivity index is 1.67. The first kappa shape index (κ1) is 14.5. The van der Waals surface area contributed by atoms with Crippen molar-refractivity contribution >= 4 is 20.9 Å². The van der Waals surface area contributed by atoms with E-state index in [9.17, 15) is 8.42 Å². The van der Waals surface area contributed by atoms with Crippen LogP contribution in [-0.2, 0) is 29.4 Å². The maximum atomic E-state index is 12.5. The Morgan fingerprint density at radius 2 is 2.04 bits per heavy atom. The van der Waals surface area contributed by atoms with Crippen LogP contribution in [0.5, 0.6) is 0 Å². The number of furan rings is 1. The highest BCUT2D eigenvalue weighted by Crippen LogP contribution is 2.30. The van der Waals surface area contributed by atoms with Gasteiger partial charge in [0.25, 0.3) is 0 Å². The first-order valence-electron chi connectivity index (χ1n) is 7.79. The number of rotatable bonds is 4. The van der Waals surface area contributed by atoms with Crippen molar-refractivity contribution < 1.29 is 12.8 Å². The van der Waals surface area contributed by atoms with Crippen molar-refractivity contribution in [3.63, 3.8) is 0 Å². The number of hydrogen-bond donors (Lipinski definition) is 2. The molecule has 0 unspecified atom stereocenters. The molecule has 3 aromatic rings. The van der Waals surface area contributed by atoms with Gasteiger partial charge in [-0.3, -0.25) is 0 Å². The second-order valence-corrected chi connectivity index (χ2v) is 7.67. The Bertz CT molecular complexity index is 940. The van der Waals surface area contributed by atoms with E-state index in [1.54, 1.807) is 24.3 Å². The van der Waals surface area contributed by atoms with Crippen molar-refractivity contribution in [1.29, 1.82) is 0 Å². The molecule has 0 saturated carbocycles. The van der Waals surface area contributed by atoms with Crippen LogP contribution in [0.2, 0.25) is 0 Å². The number of aromatic amines is 1. The number of H-pyrrole nitrogens is 1. The van der Waals surface area contributed by atoms with E-state index >= 15 is 0 Å². The van der Waals surface area contributed by atoms with Crippen LogP contribution < -0.4 is 4.72 Å². The van der Waals surface area contributed by atoms with Crippen LogP contribution in [0.1, 0.15) is 29.9 Å². The Labute approximate surface area is 134 Å². The van der Waals surface area contributed by atoms with Crippen LogP contribution in [0.3, 0.4) is 0 Å². The molecule has 0 spiro atoms. The van der Waals surface area contributed by atoms with Gasteiger partial charge in [0, 0.05) is 16.6 Å². The molecule has 2 heterocycles. The third kappa shape index (κ3) is 2.68. The van der Waals surface area contributed by atoms with Gasteiger partial charge in [-0.05, 0) is 61.6 Å². The average Bonchev–Trinajstić information content (AvgIpc) is 3.20. The molecule has 1 aromatic carbocycles. The fraction of sp³-hybridized carbons (Fsp3) is 0.294. The van der Waals surface area contributed by atoms with Gasteiger partial charge in [0.1, 0.15) is 5.76 Å². The summed E-state index contributed by atoms with van der Waals surface area (Å²) < 4.78 is 32.7. The summed E-state index contributed by atoms with van der Waals surface area (Å²) in [5, 5.41) is 1.03. The highest BCUT2D eigenvalue weighted by molar-refractivity contribution is 7.89. The lowest BCUT2D eigenvalue weighted by Crippen LogP contribution is -2.22. The zero-order chi connectivity index (χ0) is 15.9. The third-order valence-corrected chi connectivity index (χ3v) is 5.80.